The first kappa shape index (κ1) is 10.4. The lowest BCUT2D eigenvalue weighted by molar-refractivity contribution is 1.07. The molecule has 0 radical (unpaired) electrons. The summed E-state index contributed by atoms with van der Waals surface area (Å²) < 4.78 is 0. The summed E-state index contributed by atoms with van der Waals surface area (Å²) in [4.78, 5) is 22.5. The highest BCUT2D eigenvalue weighted by molar-refractivity contribution is 5.56. The maximum absolute atomic E-state index is 11.5. The van der Waals surface area contributed by atoms with Gasteiger partial charge in [-0.2, -0.15) is 0 Å². The van der Waals surface area contributed by atoms with Gasteiger partial charge >= 0.3 is 0 Å². The van der Waals surface area contributed by atoms with E-state index in [-0.39, 0.29) is 11.4 Å². The Morgan fingerprint density at radius 3 is 2.75 bits per heavy atom. The van der Waals surface area contributed by atoms with Crippen molar-refractivity contribution >= 4 is 5.82 Å². The Morgan fingerprint density at radius 2 is 2.12 bits per heavy atom. The highest BCUT2D eigenvalue weighted by Gasteiger charge is 2.09. The monoisotopic (exact) mass is 216 g/mol. The minimum atomic E-state index is -0.229. The molecule has 0 spiro atoms. The van der Waals surface area contributed by atoms with Gasteiger partial charge in [-0.05, 0) is 25.5 Å². The summed E-state index contributed by atoms with van der Waals surface area (Å²) in [5.74, 6) is 0.648. The van der Waals surface area contributed by atoms with E-state index in [9.17, 15) is 4.79 Å². The van der Waals surface area contributed by atoms with Gasteiger partial charge in [-0.15, -0.1) is 0 Å². The number of nitrogens with one attached hydrogen (secondary N) is 1. The molecule has 0 saturated heterocycles. The van der Waals surface area contributed by atoms with Crippen molar-refractivity contribution in [3.8, 4) is 11.5 Å². The van der Waals surface area contributed by atoms with Crippen LogP contribution in [0.3, 0.4) is 0 Å². The van der Waals surface area contributed by atoms with E-state index in [0.717, 1.165) is 5.56 Å². The number of hydrogen-bond acceptors (Lipinski definition) is 4. The molecule has 0 fully saturated rings. The molecule has 2 aromatic heterocycles. The number of aromatic amines is 1. The third-order valence-corrected chi connectivity index (χ3v) is 2.42. The van der Waals surface area contributed by atoms with Crippen LogP contribution in [0.15, 0.2) is 23.1 Å². The van der Waals surface area contributed by atoms with Crippen molar-refractivity contribution in [1.29, 1.82) is 0 Å². The molecule has 2 rings (SSSR count). The van der Waals surface area contributed by atoms with Crippen molar-refractivity contribution in [2.24, 2.45) is 0 Å². The number of aromatic nitrogens is 3. The predicted octanol–water partition coefficient (Wildman–Crippen LogP) is 1.03. The average molecular weight is 216 g/mol. The number of aryl methyl sites for hydroxylation is 1. The molecule has 0 aliphatic rings. The van der Waals surface area contributed by atoms with Crippen LogP contribution in [0.4, 0.5) is 5.82 Å². The molecule has 0 unspecified atom stereocenters. The van der Waals surface area contributed by atoms with E-state index in [1.807, 2.05) is 19.1 Å². The fraction of sp³-hybridized carbons (Fsp3) is 0.182. The molecule has 5 heteroatoms. The number of H-pyrrole nitrogens is 1. The molecule has 0 saturated carbocycles. The van der Waals surface area contributed by atoms with E-state index in [0.29, 0.717) is 17.1 Å². The van der Waals surface area contributed by atoms with Crippen molar-refractivity contribution in [1.82, 2.24) is 15.0 Å². The molecule has 0 aliphatic heterocycles. The van der Waals surface area contributed by atoms with Gasteiger partial charge in [0.25, 0.3) is 5.56 Å². The maximum atomic E-state index is 11.5. The highest BCUT2D eigenvalue weighted by Crippen LogP contribution is 2.16. The van der Waals surface area contributed by atoms with Gasteiger partial charge in [0.1, 0.15) is 11.5 Å². The quantitative estimate of drug-likeness (QED) is 0.745. The average Bonchev–Trinajstić information content (AvgIpc) is 2.26. The van der Waals surface area contributed by atoms with Gasteiger partial charge in [-0.3, -0.25) is 9.78 Å². The van der Waals surface area contributed by atoms with Crippen LogP contribution in [0.25, 0.3) is 11.5 Å². The highest BCUT2D eigenvalue weighted by atomic mass is 16.1. The summed E-state index contributed by atoms with van der Waals surface area (Å²) in [5.41, 5.74) is 7.43. The molecule has 2 heterocycles. The number of nitrogen functional groups attached to an aromatic ring is 1. The summed E-state index contributed by atoms with van der Waals surface area (Å²) in [6.07, 6.45) is 1.65. The Labute approximate surface area is 92.4 Å². The fourth-order valence-corrected chi connectivity index (χ4v) is 1.40. The number of anilines is 1. The number of nitrogens with zero attached hydrogens (tertiary/aromatic N) is 2. The van der Waals surface area contributed by atoms with E-state index in [1.165, 1.54) is 0 Å². The molecular weight excluding hydrogens is 204 g/mol. The normalized spacial score (nSPS) is 10.4. The lowest BCUT2D eigenvalue weighted by Crippen LogP contribution is -2.16. The van der Waals surface area contributed by atoms with Crippen LogP contribution in [0, 0.1) is 13.8 Å². The Bertz CT molecular complexity index is 589. The lowest BCUT2D eigenvalue weighted by Gasteiger charge is -2.05. The summed E-state index contributed by atoms with van der Waals surface area (Å²) in [6, 6.07) is 3.73. The predicted molar refractivity (Wildman–Crippen MR) is 62.0 cm³/mol. The fourth-order valence-electron chi connectivity index (χ4n) is 1.40. The Kier molecular flexibility index (Phi) is 2.44. The van der Waals surface area contributed by atoms with Crippen LogP contribution in [0.1, 0.15) is 11.1 Å². The number of hydrogen-bond donors (Lipinski definition) is 2. The van der Waals surface area contributed by atoms with E-state index >= 15 is 0 Å². The molecule has 0 amide bonds. The van der Waals surface area contributed by atoms with E-state index in [1.54, 1.807) is 13.1 Å². The van der Waals surface area contributed by atoms with Crippen molar-refractivity contribution in [2.45, 2.75) is 13.8 Å². The summed E-state index contributed by atoms with van der Waals surface area (Å²) in [6.45, 7) is 3.54. The number of nitrogens with two attached hydrogens (primary N) is 1. The molecule has 5 nitrogen and oxygen atoms in total. The van der Waals surface area contributed by atoms with E-state index in [2.05, 4.69) is 15.0 Å². The first-order chi connectivity index (χ1) is 7.59. The van der Waals surface area contributed by atoms with Gasteiger partial charge in [0.2, 0.25) is 0 Å². The third-order valence-electron chi connectivity index (χ3n) is 2.42. The van der Waals surface area contributed by atoms with Gasteiger partial charge in [0.05, 0.1) is 5.56 Å². The zero-order valence-corrected chi connectivity index (χ0v) is 9.11. The number of rotatable bonds is 1. The second-order valence-electron chi connectivity index (χ2n) is 3.59. The van der Waals surface area contributed by atoms with Crippen molar-refractivity contribution in [3.05, 3.63) is 39.8 Å². The Balaban J connectivity index is 2.67. The second-order valence-corrected chi connectivity index (χ2v) is 3.59. The first-order valence-corrected chi connectivity index (χ1v) is 4.88. The van der Waals surface area contributed by atoms with Crippen LogP contribution in [-0.2, 0) is 0 Å². The van der Waals surface area contributed by atoms with Gasteiger partial charge in [0.15, 0.2) is 5.82 Å². The van der Waals surface area contributed by atoms with Crippen molar-refractivity contribution in [2.75, 3.05) is 5.73 Å². The molecule has 2 aromatic rings. The molecular formula is C11H12N4O. The summed E-state index contributed by atoms with van der Waals surface area (Å²) >= 11 is 0. The topological polar surface area (TPSA) is 84.7 Å². The molecule has 0 atom stereocenters. The van der Waals surface area contributed by atoms with Gasteiger partial charge in [-0.1, -0.05) is 6.07 Å². The molecule has 82 valence electrons. The SMILES string of the molecule is Cc1cccnc1-c1nc(N)c(C)c(=O)[nH]1. The largest absolute Gasteiger partial charge is 0.383 e. The van der Waals surface area contributed by atoms with Crippen LogP contribution < -0.4 is 11.3 Å². The summed E-state index contributed by atoms with van der Waals surface area (Å²) in [7, 11) is 0. The smallest absolute Gasteiger partial charge is 0.256 e. The minimum absolute atomic E-state index is 0.229. The van der Waals surface area contributed by atoms with Gasteiger partial charge < -0.3 is 10.7 Å². The van der Waals surface area contributed by atoms with Crippen molar-refractivity contribution in [3.63, 3.8) is 0 Å². The van der Waals surface area contributed by atoms with Crippen LogP contribution >= 0.6 is 0 Å². The minimum Gasteiger partial charge on any atom is -0.383 e. The van der Waals surface area contributed by atoms with Crippen LogP contribution in [0.2, 0.25) is 0 Å². The lowest BCUT2D eigenvalue weighted by atomic mass is 10.2. The zero-order valence-electron chi connectivity index (χ0n) is 9.11. The molecule has 0 bridgehead atoms. The maximum Gasteiger partial charge on any atom is 0.256 e. The molecule has 3 N–H and O–H groups in total. The molecule has 0 aromatic carbocycles. The standard InChI is InChI=1S/C11H12N4O/c1-6-4-3-5-13-8(6)10-14-9(12)7(2)11(16)15-10/h3-5H,1-2H3,(H3,12,14,15,16). The second kappa shape index (κ2) is 3.77. The van der Waals surface area contributed by atoms with Gasteiger partial charge in [-0.25, -0.2) is 4.98 Å². The van der Waals surface area contributed by atoms with Crippen molar-refractivity contribution < 1.29 is 0 Å². The van der Waals surface area contributed by atoms with Crippen LogP contribution in [-0.4, -0.2) is 15.0 Å². The van der Waals surface area contributed by atoms with E-state index in [4.69, 9.17) is 5.73 Å². The van der Waals surface area contributed by atoms with Crippen LogP contribution in [0.5, 0.6) is 0 Å². The first-order valence-electron chi connectivity index (χ1n) is 4.88. The Hall–Kier alpha value is -2.17. The third kappa shape index (κ3) is 1.67. The molecule has 16 heavy (non-hydrogen) atoms. The zero-order chi connectivity index (χ0) is 11.7. The van der Waals surface area contributed by atoms with Gasteiger partial charge in [0, 0.05) is 6.20 Å². The Morgan fingerprint density at radius 1 is 1.38 bits per heavy atom. The number of pyridine rings is 1. The van der Waals surface area contributed by atoms with E-state index < -0.39 is 0 Å². The molecule has 0 aliphatic carbocycles. The summed E-state index contributed by atoms with van der Waals surface area (Å²) in [5, 5.41) is 0.